The van der Waals surface area contributed by atoms with Crippen molar-refractivity contribution in [1.29, 1.82) is 0 Å². The van der Waals surface area contributed by atoms with E-state index in [1.165, 1.54) is 0 Å². The molecular formula is C10H17N3S. The molecule has 0 amide bonds. The molecule has 0 bridgehead atoms. The van der Waals surface area contributed by atoms with Crippen LogP contribution in [0.25, 0.3) is 0 Å². The van der Waals surface area contributed by atoms with Gasteiger partial charge in [0.15, 0.2) is 0 Å². The van der Waals surface area contributed by atoms with Crippen LogP contribution >= 0.6 is 11.8 Å². The summed E-state index contributed by atoms with van der Waals surface area (Å²) in [6.07, 6.45) is 2.51. The Morgan fingerprint density at radius 3 is 3.00 bits per heavy atom. The van der Waals surface area contributed by atoms with Crippen molar-refractivity contribution in [3.8, 4) is 0 Å². The first-order chi connectivity index (χ1) is 6.74. The molecule has 0 aromatic carbocycles. The van der Waals surface area contributed by atoms with Crippen LogP contribution in [0.15, 0.2) is 18.3 Å². The van der Waals surface area contributed by atoms with E-state index in [0.717, 1.165) is 23.5 Å². The third-order valence-corrected chi connectivity index (χ3v) is 3.02. The van der Waals surface area contributed by atoms with Crippen LogP contribution in [0.5, 0.6) is 0 Å². The highest BCUT2D eigenvalue weighted by Gasteiger charge is 2.06. The van der Waals surface area contributed by atoms with Gasteiger partial charge in [0.1, 0.15) is 5.82 Å². The minimum Gasteiger partial charge on any atom is -0.383 e. The molecular weight excluding hydrogens is 194 g/mol. The zero-order chi connectivity index (χ0) is 10.4. The zero-order valence-electron chi connectivity index (χ0n) is 8.44. The number of pyridine rings is 1. The molecule has 78 valence electrons. The Kier molecular flexibility index (Phi) is 4.76. The summed E-state index contributed by atoms with van der Waals surface area (Å²) in [5.74, 6) is 2.69. The van der Waals surface area contributed by atoms with E-state index < -0.39 is 0 Å². The molecule has 1 rings (SSSR count). The number of nitrogens with zero attached hydrogens (tertiary/aromatic N) is 1. The van der Waals surface area contributed by atoms with E-state index in [-0.39, 0.29) is 6.04 Å². The van der Waals surface area contributed by atoms with Crippen molar-refractivity contribution >= 4 is 17.6 Å². The fourth-order valence-electron chi connectivity index (χ4n) is 1.23. The molecule has 0 aliphatic rings. The molecule has 1 heterocycles. The standard InChI is InChI=1S/C10H17N3S/c1-2-14-7-9(11)6-8-4-3-5-13-10(8)12/h3-5,9H,2,6-7,11H2,1H3,(H2,12,13). The van der Waals surface area contributed by atoms with Crippen LogP contribution < -0.4 is 11.5 Å². The van der Waals surface area contributed by atoms with E-state index in [2.05, 4.69) is 11.9 Å². The fraction of sp³-hybridized carbons (Fsp3) is 0.500. The first-order valence-electron chi connectivity index (χ1n) is 4.76. The van der Waals surface area contributed by atoms with Crippen LogP contribution in [0.1, 0.15) is 12.5 Å². The summed E-state index contributed by atoms with van der Waals surface area (Å²) in [5, 5.41) is 0. The molecule has 1 aromatic rings. The van der Waals surface area contributed by atoms with Gasteiger partial charge in [0.05, 0.1) is 0 Å². The van der Waals surface area contributed by atoms with Gasteiger partial charge < -0.3 is 11.5 Å². The van der Waals surface area contributed by atoms with Crippen molar-refractivity contribution in [2.24, 2.45) is 5.73 Å². The van der Waals surface area contributed by atoms with Gasteiger partial charge in [-0.25, -0.2) is 4.98 Å². The lowest BCUT2D eigenvalue weighted by Gasteiger charge is -2.11. The monoisotopic (exact) mass is 211 g/mol. The van der Waals surface area contributed by atoms with Crippen LogP contribution in [0.2, 0.25) is 0 Å². The minimum absolute atomic E-state index is 0.173. The number of aromatic nitrogens is 1. The summed E-state index contributed by atoms with van der Waals surface area (Å²) in [6.45, 7) is 2.13. The molecule has 4 N–H and O–H groups in total. The highest BCUT2D eigenvalue weighted by molar-refractivity contribution is 7.99. The zero-order valence-corrected chi connectivity index (χ0v) is 9.26. The lowest BCUT2D eigenvalue weighted by atomic mass is 10.1. The molecule has 0 radical (unpaired) electrons. The molecule has 0 saturated heterocycles. The summed E-state index contributed by atoms with van der Waals surface area (Å²) in [5.41, 5.74) is 12.7. The van der Waals surface area contributed by atoms with Gasteiger partial charge in [0, 0.05) is 18.0 Å². The van der Waals surface area contributed by atoms with Crippen molar-refractivity contribution in [3.63, 3.8) is 0 Å². The predicted octanol–water partition coefficient (Wildman–Crippen LogP) is 1.29. The van der Waals surface area contributed by atoms with Crippen molar-refractivity contribution in [2.75, 3.05) is 17.2 Å². The Balaban J connectivity index is 2.47. The molecule has 4 heteroatoms. The normalized spacial score (nSPS) is 12.7. The Labute approximate surface area is 89.3 Å². The van der Waals surface area contributed by atoms with E-state index in [1.807, 2.05) is 23.9 Å². The van der Waals surface area contributed by atoms with Crippen LogP contribution in [-0.2, 0) is 6.42 Å². The van der Waals surface area contributed by atoms with E-state index in [0.29, 0.717) is 5.82 Å². The highest BCUT2D eigenvalue weighted by Crippen LogP contribution is 2.11. The Morgan fingerprint density at radius 2 is 2.36 bits per heavy atom. The third-order valence-electron chi connectivity index (χ3n) is 1.94. The van der Waals surface area contributed by atoms with E-state index in [1.54, 1.807) is 6.20 Å². The van der Waals surface area contributed by atoms with E-state index in [9.17, 15) is 0 Å². The summed E-state index contributed by atoms with van der Waals surface area (Å²) < 4.78 is 0. The molecule has 0 spiro atoms. The molecule has 0 aliphatic heterocycles. The van der Waals surface area contributed by atoms with Gasteiger partial charge >= 0.3 is 0 Å². The molecule has 0 fully saturated rings. The van der Waals surface area contributed by atoms with Crippen LogP contribution in [0.3, 0.4) is 0 Å². The number of thioether (sulfide) groups is 1. The number of nitrogens with two attached hydrogens (primary N) is 2. The first-order valence-corrected chi connectivity index (χ1v) is 5.92. The van der Waals surface area contributed by atoms with Crippen molar-refractivity contribution in [2.45, 2.75) is 19.4 Å². The quantitative estimate of drug-likeness (QED) is 0.770. The molecule has 1 aromatic heterocycles. The van der Waals surface area contributed by atoms with Gasteiger partial charge in [-0.2, -0.15) is 11.8 Å². The van der Waals surface area contributed by atoms with Gasteiger partial charge in [0.2, 0.25) is 0 Å². The van der Waals surface area contributed by atoms with Gasteiger partial charge in [0.25, 0.3) is 0 Å². The lowest BCUT2D eigenvalue weighted by Crippen LogP contribution is -2.26. The topological polar surface area (TPSA) is 64.9 Å². The molecule has 3 nitrogen and oxygen atoms in total. The van der Waals surface area contributed by atoms with Crippen molar-refractivity contribution in [3.05, 3.63) is 23.9 Å². The van der Waals surface area contributed by atoms with Gasteiger partial charge in [-0.15, -0.1) is 0 Å². The number of nitrogen functional groups attached to an aromatic ring is 1. The highest BCUT2D eigenvalue weighted by atomic mass is 32.2. The molecule has 1 unspecified atom stereocenters. The second-order valence-corrected chi connectivity index (χ2v) is 4.49. The van der Waals surface area contributed by atoms with Gasteiger partial charge in [-0.1, -0.05) is 13.0 Å². The van der Waals surface area contributed by atoms with Crippen LogP contribution in [0, 0.1) is 0 Å². The largest absolute Gasteiger partial charge is 0.383 e. The Bertz CT molecular complexity index is 278. The SMILES string of the molecule is CCSCC(N)Cc1cccnc1N. The number of hydrogen-bond donors (Lipinski definition) is 2. The van der Waals surface area contributed by atoms with Gasteiger partial charge in [-0.05, 0) is 23.8 Å². The Hall–Kier alpha value is -0.740. The first kappa shape index (κ1) is 11.3. The third kappa shape index (κ3) is 3.55. The average molecular weight is 211 g/mol. The number of hydrogen-bond acceptors (Lipinski definition) is 4. The number of anilines is 1. The fourth-order valence-corrected chi connectivity index (χ4v) is 1.89. The minimum atomic E-state index is 0.173. The Morgan fingerprint density at radius 1 is 1.57 bits per heavy atom. The molecule has 0 saturated carbocycles. The van der Waals surface area contributed by atoms with Crippen molar-refractivity contribution < 1.29 is 0 Å². The van der Waals surface area contributed by atoms with Crippen molar-refractivity contribution in [1.82, 2.24) is 4.98 Å². The maximum absolute atomic E-state index is 5.96. The van der Waals surface area contributed by atoms with E-state index >= 15 is 0 Å². The van der Waals surface area contributed by atoms with E-state index in [4.69, 9.17) is 11.5 Å². The molecule has 0 aliphatic carbocycles. The lowest BCUT2D eigenvalue weighted by molar-refractivity contribution is 0.748. The molecule has 14 heavy (non-hydrogen) atoms. The summed E-state index contributed by atoms with van der Waals surface area (Å²) in [4.78, 5) is 4.03. The van der Waals surface area contributed by atoms with Crippen LogP contribution in [0.4, 0.5) is 5.82 Å². The number of rotatable bonds is 5. The van der Waals surface area contributed by atoms with Crippen LogP contribution in [-0.4, -0.2) is 22.5 Å². The smallest absolute Gasteiger partial charge is 0.126 e. The summed E-state index contributed by atoms with van der Waals surface area (Å²) >= 11 is 1.86. The predicted molar refractivity (Wildman–Crippen MR) is 63.3 cm³/mol. The average Bonchev–Trinajstić information content (AvgIpc) is 2.18. The van der Waals surface area contributed by atoms with Gasteiger partial charge in [-0.3, -0.25) is 0 Å². The maximum atomic E-state index is 5.96. The second-order valence-electron chi connectivity index (χ2n) is 3.17. The summed E-state index contributed by atoms with van der Waals surface area (Å²) in [7, 11) is 0. The maximum Gasteiger partial charge on any atom is 0.126 e. The second kappa shape index (κ2) is 5.88. The summed E-state index contributed by atoms with van der Waals surface area (Å²) in [6, 6.07) is 4.05. The molecule has 1 atom stereocenters.